The summed E-state index contributed by atoms with van der Waals surface area (Å²) in [5.74, 6) is 0.371. The van der Waals surface area contributed by atoms with E-state index in [1.165, 1.54) is 4.80 Å². The number of nitrogens with one attached hydrogen (secondary N) is 1. The number of hydrogen-bond acceptors (Lipinski definition) is 5. The summed E-state index contributed by atoms with van der Waals surface area (Å²) in [5.41, 5.74) is 0.907. The highest BCUT2D eigenvalue weighted by Gasteiger charge is 2.11. The molecule has 1 amide bonds. The summed E-state index contributed by atoms with van der Waals surface area (Å²) in [6.07, 6.45) is 1.63. The van der Waals surface area contributed by atoms with E-state index >= 15 is 0 Å². The predicted octanol–water partition coefficient (Wildman–Crippen LogP) is 2.71. The number of amides is 1. The first kappa shape index (κ1) is 16.6. The predicted molar refractivity (Wildman–Crippen MR) is 88.7 cm³/mol. The molecule has 0 bridgehead atoms. The lowest BCUT2D eigenvalue weighted by molar-refractivity contribution is -0.118. The number of benzene rings is 1. The second kappa shape index (κ2) is 7.50. The van der Waals surface area contributed by atoms with Gasteiger partial charge in [0.05, 0.1) is 11.0 Å². The molecule has 0 radical (unpaired) electrons. The van der Waals surface area contributed by atoms with Crippen molar-refractivity contribution in [3.63, 3.8) is 0 Å². The highest BCUT2D eigenvalue weighted by Crippen LogP contribution is 2.32. The SMILES string of the molecule is C=CCn1nnc(NC(=O)COc2c(C)cc(Br)cc2Br)n1. The zero-order valence-electron chi connectivity index (χ0n) is 11.7. The summed E-state index contributed by atoms with van der Waals surface area (Å²) in [6.45, 7) is 5.73. The molecular weight excluding hydrogens is 418 g/mol. The number of anilines is 1. The summed E-state index contributed by atoms with van der Waals surface area (Å²) in [7, 11) is 0. The number of aromatic nitrogens is 4. The number of carbonyl (C=O) groups is 1. The van der Waals surface area contributed by atoms with Crippen LogP contribution in [0.5, 0.6) is 5.75 Å². The Labute approximate surface area is 144 Å². The van der Waals surface area contributed by atoms with Gasteiger partial charge < -0.3 is 4.74 Å². The minimum atomic E-state index is -0.368. The number of nitrogens with zero attached hydrogens (tertiary/aromatic N) is 4. The van der Waals surface area contributed by atoms with Crippen molar-refractivity contribution in [1.29, 1.82) is 0 Å². The van der Waals surface area contributed by atoms with E-state index in [0.717, 1.165) is 14.5 Å². The van der Waals surface area contributed by atoms with Gasteiger partial charge in [0, 0.05) is 4.47 Å². The first-order chi connectivity index (χ1) is 10.5. The Kier molecular flexibility index (Phi) is 5.67. The number of aryl methyl sites for hydroxylation is 1. The zero-order valence-corrected chi connectivity index (χ0v) is 14.9. The van der Waals surface area contributed by atoms with Crippen molar-refractivity contribution >= 4 is 43.7 Å². The van der Waals surface area contributed by atoms with E-state index in [0.29, 0.717) is 12.3 Å². The number of ether oxygens (including phenoxy) is 1. The van der Waals surface area contributed by atoms with Gasteiger partial charge in [-0.1, -0.05) is 27.1 Å². The third kappa shape index (κ3) is 4.38. The molecule has 0 aliphatic heterocycles. The minimum Gasteiger partial charge on any atom is -0.482 e. The molecule has 22 heavy (non-hydrogen) atoms. The van der Waals surface area contributed by atoms with Crippen molar-refractivity contribution in [2.75, 3.05) is 11.9 Å². The quantitative estimate of drug-likeness (QED) is 0.712. The highest BCUT2D eigenvalue weighted by molar-refractivity contribution is 9.11. The maximum Gasteiger partial charge on any atom is 0.270 e. The summed E-state index contributed by atoms with van der Waals surface area (Å²) in [6, 6.07) is 3.75. The van der Waals surface area contributed by atoms with E-state index in [1.54, 1.807) is 6.08 Å². The van der Waals surface area contributed by atoms with Crippen LogP contribution < -0.4 is 10.1 Å². The number of tetrazole rings is 1. The molecule has 1 aromatic carbocycles. The van der Waals surface area contributed by atoms with Crippen LogP contribution in [-0.2, 0) is 11.3 Å². The van der Waals surface area contributed by atoms with Gasteiger partial charge in [-0.2, -0.15) is 4.80 Å². The smallest absolute Gasteiger partial charge is 0.270 e. The number of rotatable bonds is 6. The Hall–Kier alpha value is -1.74. The first-order valence-electron chi connectivity index (χ1n) is 6.26. The van der Waals surface area contributed by atoms with Crippen LogP contribution in [0.2, 0.25) is 0 Å². The van der Waals surface area contributed by atoms with Gasteiger partial charge in [-0.15, -0.1) is 11.7 Å². The molecule has 0 spiro atoms. The van der Waals surface area contributed by atoms with E-state index in [9.17, 15) is 4.79 Å². The Morgan fingerprint density at radius 1 is 1.50 bits per heavy atom. The largest absolute Gasteiger partial charge is 0.482 e. The van der Waals surface area contributed by atoms with Crippen LogP contribution in [0.15, 0.2) is 33.7 Å². The molecule has 0 aliphatic carbocycles. The summed E-state index contributed by atoms with van der Waals surface area (Å²) in [5, 5.41) is 13.9. The molecule has 2 aromatic rings. The van der Waals surface area contributed by atoms with E-state index < -0.39 is 0 Å². The summed E-state index contributed by atoms with van der Waals surface area (Å²) >= 11 is 6.79. The molecule has 1 N–H and O–H groups in total. The molecular formula is C13H13Br2N5O2. The Balaban J connectivity index is 1.94. The fraction of sp³-hybridized carbons (Fsp3) is 0.231. The van der Waals surface area contributed by atoms with E-state index in [4.69, 9.17) is 4.74 Å². The van der Waals surface area contributed by atoms with E-state index in [1.807, 2.05) is 19.1 Å². The second-order valence-electron chi connectivity index (χ2n) is 4.33. The number of allylic oxidation sites excluding steroid dienone is 1. The van der Waals surface area contributed by atoms with Crippen molar-refractivity contribution in [3.05, 3.63) is 39.3 Å². The van der Waals surface area contributed by atoms with Crippen LogP contribution in [0.4, 0.5) is 5.95 Å². The van der Waals surface area contributed by atoms with Crippen molar-refractivity contribution in [1.82, 2.24) is 20.2 Å². The van der Waals surface area contributed by atoms with Crippen LogP contribution >= 0.6 is 31.9 Å². The fourth-order valence-electron chi connectivity index (χ4n) is 1.66. The van der Waals surface area contributed by atoms with Gasteiger partial charge in [0.25, 0.3) is 11.9 Å². The van der Waals surface area contributed by atoms with Crippen LogP contribution in [0.3, 0.4) is 0 Å². The van der Waals surface area contributed by atoms with Crippen molar-refractivity contribution in [2.24, 2.45) is 0 Å². The first-order valence-corrected chi connectivity index (χ1v) is 7.85. The van der Waals surface area contributed by atoms with Crippen molar-refractivity contribution in [3.8, 4) is 5.75 Å². The number of halogens is 2. The Morgan fingerprint density at radius 3 is 2.95 bits per heavy atom. The molecule has 9 heteroatoms. The third-order valence-electron chi connectivity index (χ3n) is 2.54. The van der Waals surface area contributed by atoms with Crippen molar-refractivity contribution < 1.29 is 9.53 Å². The molecule has 116 valence electrons. The standard InChI is InChI=1S/C13H13Br2N5O2/c1-3-4-20-18-13(17-19-20)16-11(21)7-22-12-8(2)5-9(14)6-10(12)15/h3,5-6H,1,4,7H2,2H3,(H,16,18,21). The van der Waals surface area contributed by atoms with Crippen molar-refractivity contribution in [2.45, 2.75) is 13.5 Å². The van der Waals surface area contributed by atoms with Crippen LogP contribution in [-0.4, -0.2) is 32.7 Å². The maximum absolute atomic E-state index is 11.8. The lowest BCUT2D eigenvalue weighted by atomic mass is 10.2. The second-order valence-corrected chi connectivity index (χ2v) is 6.10. The molecule has 0 unspecified atom stereocenters. The Bertz CT molecular complexity index is 678. The molecule has 2 rings (SSSR count). The summed E-state index contributed by atoms with van der Waals surface area (Å²) < 4.78 is 7.23. The van der Waals surface area contributed by atoms with Crippen LogP contribution in [0.1, 0.15) is 5.56 Å². The molecule has 0 fully saturated rings. The van der Waals surface area contributed by atoms with Gasteiger partial charge in [-0.25, -0.2) is 0 Å². The average Bonchev–Trinajstić information content (AvgIpc) is 2.85. The van der Waals surface area contributed by atoms with Gasteiger partial charge >= 0.3 is 0 Å². The van der Waals surface area contributed by atoms with E-state index in [2.05, 4.69) is 59.2 Å². The molecule has 7 nitrogen and oxygen atoms in total. The topological polar surface area (TPSA) is 81.9 Å². The molecule has 0 saturated heterocycles. The van der Waals surface area contributed by atoms with Gasteiger partial charge in [0.2, 0.25) is 0 Å². The normalized spacial score (nSPS) is 10.3. The van der Waals surface area contributed by atoms with Gasteiger partial charge in [-0.3, -0.25) is 10.1 Å². The van der Waals surface area contributed by atoms with Gasteiger partial charge in [-0.05, 0) is 45.8 Å². The zero-order chi connectivity index (χ0) is 16.1. The Morgan fingerprint density at radius 2 is 2.27 bits per heavy atom. The average molecular weight is 431 g/mol. The maximum atomic E-state index is 11.8. The molecule has 0 saturated carbocycles. The molecule has 1 heterocycles. The minimum absolute atomic E-state index is 0.127. The number of hydrogen-bond donors (Lipinski definition) is 1. The van der Waals surface area contributed by atoms with E-state index in [-0.39, 0.29) is 18.5 Å². The molecule has 0 atom stereocenters. The fourth-order valence-corrected chi connectivity index (χ4v) is 3.21. The van der Waals surface area contributed by atoms with Crippen LogP contribution in [0, 0.1) is 6.92 Å². The lowest BCUT2D eigenvalue weighted by Gasteiger charge is -2.11. The van der Waals surface area contributed by atoms with Gasteiger partial charge in [0.1, 0.15) is 5.75 Å². The molecule has 0 aliphatic rings. The van der Waals surface area contributed by atoms with Crippen LogP contribution in [0.25, 0.3) is 0 Å². The lowest BCUT2D eigenvalue weighted by Crippen LogP contribution is -2.21. The molecule has 1 aromatic heterocycles. The monoisotopic (exact) mass is 429 g/mol. The van der Waals surface area contributed by atoms with Gasteiger partial charge in [0.15, 0.2) is 6.61 Å². The highest BCUT2D eigenvalue weighted by atomic mass is 79.9. The third-order valence-corrected chi connectivity index (χ3v) is 3.59. The number of carbonyl (C=O) groups excluding carboxylic acids is 1. The summed E-state index contributed by atoms with van der Waals surface area (Å²) in [4.78, 5) is 13.2.